The fourth-order valence-corrected chi connectivity index (χ4v) is 1.35. The quantitative estimate of drug-likeness (QED) is 0.754. The summed E-state index contributed by atoms with van der Waals surface area (Å²) in [5.74, 6) is 0. The molecule has 3 nitrogen and oxygen atoms in total. The summed E-state index contributed by atoms with van der Waals surface area (Å²) in [5, 5.41) is 0. The summed E-state index contributed by atoms with van der Waals surface area (Å²) < 4.78 is 2.02. The molecule has 0 aliphatic heterocycles. The van der Waals surface area contributed by atoms with Crippen molar-refractivity contribution < 1.29 is 0 Å². The number of hydrogen-bond acceptors (Lipinski definition) is 2. The summed E-state index contributed by atoms with van der Waals surface area (Å²) in [7, 11) is 0. The van der Waals surface area contributed by atoms with Crippen LogP contribution in [-0.4, -0.2) is 9.38 Å². The SMILES string of the molecule is Cc1cccn2c(CN)cnc12.Cl. The minimum atomic E-state index is 0. The molecule has 0 unspecified atom stereocenters. The Hall–Kier alpha value is -1.06. The maximum atomic E-state index is 5.55. The molecule has 2 heterocycles. The smallest absolute Gasteiger partial charge is 0.139 e. The lowest BCUT2D eigenvalue weighted by atomic mass is 10.3. The average Bonchev–Trinajstić information content (AvgIpc) is 2.49. The molecule has 13 heavy (non-hydrogen) atoms. The molecule has 2 aromatic rings. The molecule has 2 rings (SSSR count). The third-order valence-corrected chi connectivity index (χ3v) is 2.02. The van der Waals surface area contributed by atoms with E-state index in [1.54, 1.807) is 0 Å². The number of fused-ring (bicyclic) bond motifs is 1. The molecule has 70 valence electrons. The van der Waals surface area contributed by atoms with Crippen molar-refractivity contribution in [3.05, 3.63) is 35.8 Å². The van der Waals surface area contributed by atoms with Crippen LogP contribution < -0.4 is 5.73 Å². The van der Waals surface area contributed by atoms with Crippen LogP contribution in [0.5, 0.6) is 0 Å². The first-order chi connectivity index (χ1) is 5.83. The van der Waals surface area contributed by atoms with Crippen LogP contribution in [0.1, 0.15) is 11.3 Å². The average molecular weight is 198 g/mol. The van der Waals surface area contributed by atoms with Gasteiger partial charge in [0.05, 0.1) is 11.9 Å². The lowest BCUT2D eigenvalue weighted by Gasteiger charge is -1.99. The number of hydrogen-bond donors (Lipinski definition) is 1. The molecule has 0 bridgehead atoms. The van der Waals surface area contributed by atoms with Gasteiger partial charge >= 0.3 is 0 Å². The van der Waals surface area contributed by atoms with E-state index in [-0.39, 0.29) is 12.4 Å². The summed E-state index contributed by atoms with van der Waals surface area (Å²) in [6.45, 7) is 2.58. The number of nitrogens with zero attached hydrogens (tertiary/aromatic N) is 2. The van der Waals surface area contributed by atoms with Gasteiger partial charge in [0.15, 0.2) is 0 Å². The summed E-state index contributed by atoms with van der Waals surface area (Å²) in [6, 6.07) is 4.05. The Morgan fingerprint density at radius 2 is 2.31 bits per heavy atom. The van der Waals surface area contributed by atoms with Gasteiger partial charge in [-0.2, -0.15) is 0 Å². The number of pyridine rings is 1. The molecule has 2 aromatic heterocycles. The van der Waals surface area contributed by atoms with Gasteiger partial charge in [0, 0.05) is 12.7 Å². The standard InChI is InChI=1S/C9H11N3.ClH/c1-7-3-2-4-12-8(5-10)6-11-9(7)12;/h2-4,6H,5,10H2,1H3;1H. The second-order valence-electron chi connectivity index (χ2n) is 2.84. The molecule has 0 fully saturated rings. The van der Waals surface area contributed by atoms with Crippen molar-refractivity contribution in [2.75, 3.05) is 0 Å². The van der Waals surface area contributed by atoms with Crippen LogP contribution in [-0.2, 0) is 6.54 Å². The fourth-order valence-electron chi connectivity index (χ4n) is 1.35. The fraction of sp³-hybridized carbons (Fsp3) is 0.222. The predicted molar refractivity (Wildman–Crippen MR) is 55.1 cm³/mol. The third kappa shape index (κ3) is 1.53. The predicted octanol–water partition coefficient (Wildman–Crippen LogP) is 1.52. The van der Waals surface area contributed by atoms with Crippen LogP contribution in [0.2, 0.25) is 0 Å². The van der Waals surface area contributed by atoms with Crippen LogP contribution in [0.4, 0.5) is 0 Å². The van der Waals surface area contributed by atoms with Gasteiger partial charge in [0.1, 0.15) is 5.65 Å². The third-order valence-electron chi connectivity index (χ3n) is 2.02. The molecule has 4 heteroatoms. The van der Waals surface area contributed by atoms with E-state index in [4.69, 9.17) is 5.73 Å². The van der Waals surface area contributed by atoms with Gasteiger partial charge in [-0.05, 0) is 18.6 Å². The van der Waals surface area contributed by atoms with E-state index >= 15 is 0 Å². The lowest BCUT2D eigenvalue weighted by molar-refractivity contribution is 0.957. The molecule has 0 aliphatic carbocycles. The van der Waals surface area contributed by atoms with Crippen molar-refractivity contribution in [3.8, 4) is 0 Å². The van der Waals surface area contributed by atoms with Crippen molar-refractivity contribution in [3.63, 3.8) is 0 Å². The van der Waals surface area contributed by atoms with Gasteiger partial charge in [0.2, 0.25) is 0 Å². The molecule has 0 radical (unpaired) electrons. The van der Waals surface area contributed by atoms with Crippen LogP contribution >= 0.6 is 12.4 Å². The van der Waals surface area contributed by atoms with E-state index in [1.807, 2.05) is 35.9 Å². The van der Waals surface area contributed by atoms with E-state index in [2.05, 4.69) is 4.98 Å². The molecule has 0 aliphatic rings. The normalized spacial score (nSPS) is 10.0. The Kier molecular flexibility index (Phi) is 2.90. The summed E-state index contributed by atoms with van der Waals surface area (Å²) in [5.41, 5.74) is 8.78. The van der Waals surface area contributed by atoms with Crippen LogP contribution in [0, 0.1) is 6.92 Å². The molecular formula is C9H12ClN3. The first-order valence-corrected chi connectivity index (χ1v) is 3.94. The highest BCUT2D eigenvalue weighted by Gasteiger charge is 2.01. The molecule has 0 amide bonds. The molecule has 0 saturated carbocycles. The van der Waals surface area contributed by atoms with Gasteiger partial charge in [-0.15, -0.1) is 12.4 Å². The number of aromatic nitrogens is 2. The summed E-state index contributed by atoms with van der Waals surface area (Å²) in [4.78, 5) is 4.27. The van der Waals surface area contributed by atoms with Gasteiger partial charge in [-0.1, -0.05) is 6.07 Å². The Balaban J connectivity index is 0.000000845. The van der Waals surface area contributed by atoms with E-state index in [0.29, 0.717) is 6.54 Å². The first kappa shape index (κ1) is 10.0. The largest absolute Gasteiger partial charge is 0.325 e. The van der Waals surface area contributed by atoms with Gasteiger partial charge in [-0.3, -0.25) is 0 Å². The lowest BCUT2D eigenvalue weighted by Crippen LogP contribution is -2.00. The Bertz CT molecular complexity index is 408. The summed E-state index contributed by atoms with van der Waals surface area (Å²) >= 11 is 0. The number of halogens is 1. The Morgan fingerprint density at radius 3 is 3.00 bits per heavy atom. The van der Waals surface area contributed by atoms with Crippen molar-refractivity contribution in [2.45, 2.75) is 13.5 Å². The van der Waals surface area contributed by atoms with E-state index in [1.165, 1.54) is 5.56 Å². The molecular weight excluding hydrogens is 186 g/mol. The molecule has 0 aromatic carbocycles. The number of aryl methyl sites for hydroxylation is 1. The number of nitrogens with two attached hydrogens (primary N) is 1. The second-order valence-corrected chi connectivity index (χ2v) is 2.84. The zero-order valence-corrected chi connectivity index (χ0v) is 8.21. The molecule has 0 spiro atoms. The number of rotatable bonds is 1. The molecule has 2 N–H and O–H groups in total. The van der Waals surface area contributed by atoms with Gasteiger partial charge in [-0.25, -0.2) is 4.98 Å². The van der Waals surface area contributed by atoms with Crippen molar-refractivity contribution in [1.29, 1.82) is 0 Å². The Morgan fingerprint density at radius 1 is 1.54 bits per heavy atom. The van der Waals surface area contributed by atoms with E-state index in [9.17, 15) is 0 Å². The maximum Gasteiger partial charge on any atom is 0.139 e. The summed E-state index contributed by atoms with van der Waals surface area (Å²) in [6.07, 6.45) is 3.81. The minimum Gasteiger partial charge on any atom is -0.325 e. The highest BCUT2D eigenvalue weighted by Crippen LogP contribution is 2.09. The highest BCUT2D eigenvalue weighted by atomic mass is 35.5. The van der Waals surface area contributed by atoms with Crippen LogP contribution in [0.3, 0.4) is 0 Å². The monoisotopic (exact) mass is 197 g/mol. The topological polar surface area (TPSA) is 43.3 Å². The van der Waals surface area contributed by atoms with Crippen molar-refractivity contribution in [1.82, 2.24) is 9.38 Å². The van der Waals surface area contributed by atoms with Crippen LogP contribution in [0.25, 0.3) is 5.65 Å². The van der Waals surface area contributed by atoms with E-state index < -0.39 is 0 Å². The highest BCUT2D eigenvalue weighted by molar-refractivity contribution is 5.85. The maximum absolute atomic E-state index is 5.55. The van der Waals surface area contributed by atoms with Gasteiger partial charge < -0.3 is 10.1 Å². The van der Waals surface area contributed by atoms with Crippen LogP contribution in [0.15, 0.2) is 24.5 Å². The Labute approximate surface area is 83.0 Å². The van der Waals surface area contributed by atoms with Gasteiger partial charge in [0.25, 0.3) is 0 Å². The zero-order chi connectivity index (χ0) is 8.55. The van der Waals surface area contributed by atoms with E-state index in [0.717, 1.165) is 11.3 Å². The first-order valence-electron chi connectivity index (χ1n) is 3.94. The van der Waals surface area contributed by atoms with Crippen molar-refractivity contribution in [2.24, 2.45) is 5.73 Å². The number of imidazole rings is 1. The van der Waals surface area contributed by atoms with Crippen molar-refractivity contribution >= 4 is 18.1 Å². The zero-order valence-electron chi connectivity index (χ0n) is 7.40. The minimum absolute atomic E-state index is 0. The molecule has 0 atom stereocenters. The molecule has 0 saturated heterocycles. The second kappa shape index (κ2) is 3.77.